The Morgan fingerprint density at radius 3 is 2.86 bits per heavy atom. The van der Waals surface area contributed by atoms with Crippen LogP contribution in [-0.2, 0) is 14.8 Å². The Morgan fingerprint density at radius 1 is 1.43 bits per heavy atom. The van der Waals surface area contributed by atoms with Crippen molar-refractivity contribution in [1.82, 2.24) is 18.6 Å². The smallest absolute Gasteiger partial charge is 0.263 e. The first-order valence-electron chi connectivity index (χ1n) is 6.22. The molecule has 0 radical (unpaired) electrons. The van der Waals surface area contributed by atoms with Gasteiger partial charge in [0, 0.05) is 31.7 Å². The van der Waals surface area contributed by atoms with Gasteiger partial charge in [0.05, 0.1) is 0 Å². The van der Waals surface area contributed by atoms with Crippen molar-refractivity contribution >= 4 is 43.8 Å². The van der Waals surface area contributed by atoms with Gasteiger partial charge in [0.25, 0.3) is 10.0 Å². The summed E-state index contributed by atoms with van der Waals surface area (Å²) in [6.45, 7) is 2.17. The Morgan fingerprint density at radius 2 is 2.14 bits per heavy atom. The number of carbonyl (C=O) groups excluding carboxylic acids is 1. The number of hydrogen-bond acceptors (Lipinski definition) is 5. The molecule has 2 aromatic rings. The molecule has 0 bridgehead atoms. The lowest BCUT2D eigenvalue weighted by Crippen LogP contribution is -2.56. The zero-order valence-corrected chi connectivity index (χ0v) is 13.7. The molecular weight excluding hydrogens is 336 g/mol. The van der Waals surface area contributed by atoms with Gasteiger partial charge in [0.1, 0.15) is 6.04 Å². The number of imidazole rings is 1. The molecule has 2 aromatic heterocycles. The maximum atomic E-state index is 12.9. The van der Waals surface area contributed by atoms with Gasteiger partial charge in [0.2, 0.25) is 5.91 Å². The molecule has 21 heavy (non-hydrogen) atoms. The summed E-state index contributed by atoms with van der Waals surface area (Å²) in [7, 11) is -2.23. The van der Waals surface area contributed by atoms with Crippen LogP contribution in [0.3, 0.4) is 0 Å². The Bertz CT molecular complexity index is 813. The second-order valence-corrected chi connectivity index (χ2v) is 7.85. The van der Waals surface area contributed by atoms with Crippen LogP contribution in [0.2, 0.25) is 5.15 Å². The van der Waals surface area contributed by atoms with Crippen LogP contribution >= 0.6 is 22.9 Å². The first kappa shape index (κ1) is 14.8. The molecule has 0 spiro atoms. The summed E-state index contributed by atoms with van der Waals surface area (Å²) in [6.07, 6.45) is 1.61. The number of rotatable bonds is 2. The maximum absolute atomic E-state index is 12.9. The highest BCUT2D eigenvalue weighted by Gasteiger charge is 2.40. The third-order valence-corrected chi connectivity index (χ3v) is 6.68. The minimum absolute atomic E-state index is 0.0690. The van der Waals surface area contributed by atoms with Crippen LogP contribution in [0.1, 0.15) is 6.92 Å². The van der Waals surface area contributed by atoms with E-state index in [0.29, 0.717) is 11.5 Å². The number of piperazine rings is 1. The molecule has 1 amide bonds. The number of aromatic nitrogens is 2. The molecule has 1 aliphatic rings. The van der Waals surface area contributed by atoms with Crippen molar-refractivity contribution < 1.29 is 13.2 Å². The molecule has 114 valence electrons. The van der Waals surface area contributed by atoms with Crippen molar-refractivity contribution in [2.75, 3.05) is 20.1 Å². The number of amides is 1. The molecule has 1 saturated heterocycles. The van der Waals surface area contributed by atoms with Gasteiger partial charge in [-0.2, -0.15) is 4.31 Å². The van der Waals surface area contributed by atoms with E-state index < -0.39 is 16.1 Å². The molecule has 1 fully saturated rings. The number of halogens is 1. The highest BCUT2D eigenvalue weighted by atomic mass is 35.5. The normalized spacial score (nSPS) is 21.4. The molecule has 0 N–H and O–H groups in total. The second-order valence-electron chi connectivity index (χ2n) is 4.81. The minimum atomic E-state index is -3.89. The van der Waals surface area contributed by atoms with E-state index in [9.17, 15) is 13.2 Å². The molecule has 1 aliphatic heterocycles. The standard InChI is InChI=1S/C11H13ClN4O3S2/c1-7-9(17)14(2)3-4-16(7)21(18,19)10-8(12)13-11-15(10)5-6-20-11/h5-7H,3-4H2,1-2H3. The van der Waals surface area contributed by atoms with Gasteiger partial charge < -0.3 is 4.90 Å². The van der Waals surface area contributed by atoms with Crippen molar-refractivity contribution in [3.63, 3.8) is 0 Å². The average molecular weight is 349 g/mol. The van der Waals surface area contributed by atoms with Crippen molar-refractivity contribution in [3.05, 3.63) is 16.7 Å². The van der Waals surface area contributed by atoms with E-state index in [1.165, 1.54) is 24.9 Å². The summed E-state index contributed by atoms with van der Waals surface area (Å²) in [5, 5.41) is 1.58. The van der Waals surface area contributed by atoms with Crippen LogP contribution in [0.15, 0.2) is 16.6 Å². The number of fused-ring (bicyclic) bond motifs is 1. The summed E-state index contributed by atoms with van der Waals surface area (Å²) < 4.78 is 28.3. The highest BCUT2D eigenvalue weighted by molar-refractivity contribution is 7.89. The number of likely N-dealkylation sites (N-methyl/N-ethyl adjacent to an activating group) is 1. The van der Waals surface area contributed by atoms with E-state index in [0.717, 1.165) is 0 Å². The van der Waals surface area contributed by atoms with Gasteiger partial charge in [-0.1, -0.05) is 11.6 Å². The zero-order valence-electron chi connectivity index (χ0n) is 11.4. The van der Waals surface area contributed by atoms with E-state index in [1.807, 2.05) is 0 Å². The van der Waals surface area contributed by atoms with E-state index >= 15 is 0 Å². The van der Waals surface area contributed by atoms with Crippen LogP contribution < -0.4 is 0 Å². The summed E-state index contributed by atoms with van der Waals surface area (Å²) >= 11 is 7.30. The molecule has 1 atom stereocenters. The molecule has 7 nitrogen and oxygen atoms in total. The average Bonchev–Trinajstić information content (AvgIpc) is 2.94. The fourth-order valence-corrected chi connectivity index (χ4v) is 5.39. The number of thiazole rings is 1. The predicted octanol–water partition coefficient (Wildman–Crippen LogP) is 0.900. The van der Waals surface area contributed by atoms with Crippen LogP contribution in [0.25, 0.3) is 4.96 Å². The van der Waals surface area contributed by atoms with Gasteiger partial charge in [-0.15, -0.1) is 11.3 Å². The highest BCUT2D eigenvalue weighted by Crippen LogP contribution is 2.29. The topological polar surface area (TPSA) is 75.0 Å². The fourth-order valence-electron chi connectivity index (χ4n) is 2.40. The zero-order chi connectivity index (χ0) is 15.4. The van der Waals surface area contributed by atoms with Gasteiger partial charge in [-0.3, -0.25) is 9.20 Å². The van der Waals surface area contributed by atoms with Crippen LogP contribution in [0, 0.1) is 0 Å². The predicted molar refractivity (Wildman–Crippen MR) is 79.1 cm³/mol. The third kappa shape index (κ3) is 2.15. The van der Waals surface area contributed by atoms with Crippen LogP contribution in [-0.4, -0.2) is 59.1 Å². The quantitative estimate of drug-likeness (QED) is 0.808. The number of nitrogens with zero attached hydrogens (tertiary/aromatic N) is 4. The number of sulfonamides is 1. The van der Waals surface area contributed by atoms with E-state index in [1.54, 1.807) is 25.5 Å². The van der Waals surface area contributed by atoms with Crippen LogP contribution in [0.4, 0.5) is 0 Å². The number of carbonyl (C=O) groups is 1. The summed E-state index contributed by atoms with van der Waals surface area (Å²) in [4.78, 5) is 18.1. The lowest BCUT2D eigenvalue weighted by atomic mass is 10.2. The van der Waals surface area contributed by atoms with Crippen molar-refractivity contribution in [2.24, 2.45) is 0 Å². The molecule has 0 aromatic carbocycles. The van der Waals surface area contributed by atoms with Crippen molar-refractivity contribution in [3.8, 4) is 0 Å². The van der Waals surface area contributed by atoms with Gasteiger partial charge >= 0.3 is 0 Å². The first-order chi connectivity index (χ1) is 9.84. The molecule has 3 heterocycles. The monoisotopic (exact) mass is 348 g/mol. The summed E-state index contributed by atoms with van der Waals surface area (Å²) in [6, 6.07) is -0.756. The lowest BCUT2D eigenvalue weighted by Gasteiger charge is -2.36. The van der Waals surface area contributed by atoms with Gasteiger partial charge in [-0.05, 0) is 6.92 Å². The van der Waals surface area contributed by atoms with E-state index in [4.69, 9.17) is 11.6 Å². The van der Waals surface area contributed by atoms with E-state index in [2.05, 4.69) is 4.98 Å². The molecule has 0 aliphatic carbocycles. The maximum Gasteiger partial charge on any atom is 0.263 e. The minimum Gasteiger partial charge on any atom is -0.343 e. The Hall–Kier alpha value is -1.16. The molecular formula is C11H13ClN4O3S2. The molecule has 0 saturated carbocycles. The Balaban J connectivity index is 2.10. The fraction of sp³-hybridized carbons (Fsp3) is 0.455. The summed E-state index contributed by atoms with van der Waals surface area (Å²) in [5.41, 5.74) is 0. The van der Waals surface area contributed by atoms with Gasteiger partial charge in [-0.25, -0.2) is 13.4 Å². The first-order valence-corrected chi connectivity index (χ1v) is 8.91. The molecule has 3 rings (SSSR count). The van der Waals surface area contributed by atoms with Crippen LogP contribution in [0.5, 0.6) is 0 Å². The van der Waals surface area contributed by atoms with E-state index in [-0.39, 0.29) is 22.6 Å². The van der Waals surface area contributed by atoms with Crippen molar-refractivity contribution in [1.29, 1.82) is 0 Å². The Labute approximate surface area is 130 Å². The Kier molecular flexibility index (Phi) is 3.47. The molecule has 1 unspecified atom stereocenters. The second kappa shape index (κ2) is 4.94. The summed E-state index contributed by atoms with van der Waals surface area (Å²) in [5.74, 6) is -0.230. The largest absolute Gasteiger partial charge is 0.343 e. The lowest BCUT2D eigenvalue weighted by molar-refractivity contribution is -0.136. The number of hydrogen-bond donors (Lipinski definition) is 0. The third-order valence-electron chi connectivity index (χ3n) is 3.55. The molecule has 10 heteroatoms. The SMILES string of the molecule is CC1C(=O)N(C)CCN1S(=O)(=O)c1c(Cl)nc2sccn12. The van der Waals surface area contributed by atoms with Crippen molar-refractivity contribution in [2.45, 2.75) is 18.0 Å². The van der Waals surface area contributed by atoms with Gasteiger partial charge in [0.15, 0.2) is 15.1 Å².